The van der Waals surface area contributed by atoms with Crippen LogP contribution in [-0.2, 0) is 10.5 Å². The van der Waals surface area contributed by atoms with E-state index in [1.807, 2.05) is 36.0 Å². The molecule has 0 amide bonds. The lowest BCUT2D eigenvalue weighted by molar-refractivity contribution is 0.200. The van der Waals surface area contributed by atoms with E-state index in [2.05, 4.69) is 0 Å². The van der Waals surface area contributed by atoms with E-state index in [0.29, 0.717) is 0 Å². The molecule has 0 aliphatic heterocycles. The second-order valence-corrected chi connectivity index (χ2v) is 4.61. The highest BCUT2D eigenvalue weighted by Gasteiger charge is 1.97. The molecule has 0 aromatic heterocycles. The normalized spacial score (nSPS) is 10.3. The molecular weight excluding hydrogens is 220 g/mol. The zero-order chi connectivity index (χ0) is 11.8. The van der Waals surface area contributed by atoms with Crippen LogP contribution in [0.1, 0.15) is 17.5 Å². The predicted molar refractivity (Wildman–Crippen MR) is 70.1 cm³/mol. The van der Waals surface area contributed by atoms with Crippen molar-refractivity contribution in [3.05, 3.63) is 35.4 Å². The highest BCUT2D eigenvalue weighted by Crippen LogP contribution is 2.13. The molecule has 1 aromatic rings. The van der Waals surface area contributed by atoms with E-state index in [9.17, 15) is 0 Å². The smallest absolute Gasteiger partial charge is 0.122 e. The van der Waals surface area contributed by atoms with Gasteiger partial charge in [0.05, 0.1) is 0 Å². The number of thioether (sulfide) groups is 1. The van der Waals surface area contributed by atoms with Crippen LogP contribution in [0.2, 0.25) is 0 Å². The van der Waals surface area contributed by atoms with Crippen molar-refractivity contribution in [1.82, 2.24) is 0 Å². The average molecular weight is 238 g/mol. The fourth-order valence-electron chi connectivity index (χ4n) is 1.28. The minimum absolute atomic E-state index is 0.124. The average Bonchev–Trinajstić information content (AvgIpc) is 2.29. The first-order chi connectivity index (χ1) is 7.74. The highest BCUT2D eigenvalue weighted by molar-refractivity contribution is 7.98. The minimum atomic E-state index is 0.124. The van der Waals surface area contributed by atoms with E-state index in [0.717, 1.165) is 30.1 Å². The van der Waals surface area contributed by atoms with Gasteiger partial charge in [0.25, 0.3) is 0 Å². The molecule has 0 aliphatic carbocycles. The molecule has 0 atom stereocenters. The van der Waals surface area contributed by atoms with E-state index in [4.69, 9.17) is 15.9 Å². The van der Waals surface area contributed by atoms with Crippen LogP contribution in [0.3, 0.4) is 0 Å². The molecule has 0 saturated carbocycles. The lowest BCUT2D eigenvalue weighted by Crippen LogP contribution is -2.10. The number of rotatable bonds is 7. The molecule has 3 nitrogen and oxygen atoms in total. The Morgan fingerprint density at radius 3 is 2.62 bits per heavy atom. The minimum Gasteiger partial charge on any atom is -0.385 e. The molecule has 0 radical (unpaired) electrons. The maximum Gasteiger partial charge on any atom is 0.122 e. The van der Waals surface area contributed by atoms with Gasteiger partial charge in [-0.1, -0.05) is 24.3 Å². The molecule has 4 heteroatoms. The van der Waals surface area contributed by atoms with Gasteiger partial charge in [0.2, 0.25) is 0 Å². The molecule has 88 valence electrons. The van der Waals surface area contributed by atoms with Gasteiger partial charge in [0.1, 0.15) is 5.84 Å². The summed E-state index contributed by atoms with van der Waals surface area (Å²) in [5, 5.41) is 7.28. The Kier molecular flexibility index (Phi) is 5.96. The van der Waals surface area contributed by atoms with Gasteiger partial charge >= 0.3 is 0 Å². The van der Waals surface area contributed by atoms with Gasteiger partial charge in [-0.05, 0) is 17.7 Å². The number of nitrogens with two attached hydrogens (primary N) is 1. The van der Waals surface area contributed by atoms with Crippen LogP contribution < -0.4 is 5.73 Å². The third-order valence-electron chi connectivity index (χ3n) is 2.17. The maximum absolute atomic E-state index is 7.28. The number of amidine groups is 1. The number of nitrogens with one attached hydrogen (secondary N) is 1. The van der Waals surface area contributed by atoms with Crippen molar-refractivity contribution >= 4 is 17.6 Å². The molecule has 0 saturated heterocycles. The van der Waals surface area contributed by atoms with Crippen molar-refractivity contribution in [1.29, 1.82) is 5.41 Å². The number of hydrogen-bond donors (Lipinski definition) is 2. The Morgan fingerprint density at radius 2 is 2.06 bits per heavy atom. The van der Waals surface area contributed by atoms with Gasteiger partial charge in [-0.3, -0.25) is 5.41 Å². The molecule has 3 N–H and O–H groups in total. The van der Waals surface area contributed by atoms with Crippen molar-refractivity contribution in [3.8, 4) is 0 Å². The Bertz CT molecular complexity index is 324. The van der Waals surface area contributed by atoms with E-state index in [1.165, 1.54) is 5.56 Å². The molecule has 0 heterocycles. The maximum atomic E-state index is 7.28. The Labute approximate surface area is 101 Å². The SMILES string of the molecule is COCCCSCc1ccc(C(=N)N)cc1. The monoisotopic (exact) mass is 238 g/mol. The van der Waals surface area contributed by atoms with Crippen molar-refractivity contribution < 1.29 is 4.74 Å². The summed E-state index contributed by atoms with van der Waals surface area (Å²) in [7, 11) is 1.73. The first-order valence-corrected chi connectivity index (χ1v) is 6.39. The summed E-state index contributed by atoms with van der Waals surface area (Å²) in [6, 6.07) is 7.85. The van der Waals surface area contributed by atoms with E-state index >= 15 is 0 Å². The summed E-state index contributed by atoms with van der Waals surface area (Å²) in [6.45, 7) is 0.830. The van der Waals surface area contributed by atoms with Crippen LogP contribution in [0.5, 0.6) is 0 Å². The topological polar surface area (TPSA) is 59.1 Å². The number of hydrogen-bond acceptors (Lipinski definition) is 3. The molecule has 0 aliphatic rings. The molecule has 0 unspecified atom stereocenters. The summed E-state index contributed by atoms with van der Waals surface area (Å²) in [5.41, 5.74) is 7.44. The number of methoxy groups -OCH3 is 1. The lowest BCUT2D eigenvalue weighted by atomic mass is 10.1. The van der Waals surface area contributed by atoms with Crippen LogP contribution in [-0.4, -0.2) is 25.3 Å². The van der Waals surface area contributed by atoms with Gasteiger partial charge in [-0.25, -0.2) is 0 Å². The van der Waals surface area contributed by atoms with E-state index in [-0.39, 0.29) is 5.84 Å². The first kappa shape index (κ1) is 13.1. The van der Waals surface area contributed by atoms with Gasteiger partial charge in [-0.15, -0.1) is 0 Å². The molecule has 16 heavy (non-hydrogen) atoms. The molecular formula is C12H18N2OS. The number of ether oxygens (including phenoxy) is 1. The Hall–Kier alpha value is -1.00. The van der Waals surface area contributed by atoms with Gasteiger partial charge in [0, 0.05) is 25.0 Å². The van der Waals surface area contributed by atoms with Gasteiger partial charge in [-0.2, -0.15) is 11.8 Å². The van der Waals surface area contributed by atoms with Gasteiger partial charge < -0.3 is 10.5 Å². The molecule has 0 bridgehead atoms. The summed E-state index contributed by atoms with van der Waals surface area (Å²) >= 11 is 1.90. The second-order valence-electron chi connectivity index (χ2n) is 3.51. The highest BCUT2D eigenvalue weighted by atomic mass is 32.2. The third kappa shape index (κ3) is 4.68. The first-order valence-electron chi connectivity index (χ1n) is 5.24. The lowest BCUT2D eigenvalue weighted by Gasteiger charge is -2.03. The van der Waals surface area contributed by atoms with Gasteiger partial charge in [0.15, 0.2) is 0 Å². The summed E-state index contributed by atoms with van der Waals surface area (Å²) in [6.07, 6.45) is 1.09. The van der Waals surface area contributed by atoms with Crippen molar-refractivity contribution in [2.75, 3.05) is 19.5 Å². The zero-order valence-electron chi connectivity index (χ0n) is 9.53. The molecule has 1 rings (SSSR count). The van der Waals surface area contributed by atoms with Crippen LogP contribution in [0.25, 0.3) is 0 Å². The summed E-state index contributed by atoms with van der Waals surface area (Å²) < 4.78 is 4.99. The van der Waals surface area contributed by atoms with Crippen molar-refractivity contribution in [2.45, 2.75) is 12.2 Å². The van der Waals surface area contributed by atoms with Crippen molar-refractivity contribution in [3.63, 3.8) is 0 Å². The standard InChI is InChI=1S/C12H18N2OS/c1-15-7-2-8-16-9-10-3-5-11(6-4-10)12(13)14/h3-6H,2,7-9H2,1H3,(H3,13,14). The number of nitrogen functional groups attached to an aromatic ring is 1. The fraction of sp³-hybridized carbons (Fsp3) is 0.417. The largest absolute Gasteiger partial charge is 0.385 e. The second kappa shape index (κ2) is 7.30. The van der Waals surface area contributed by atoms with Crippen molar-refractivity contribution in [2.24, 2.45) is 5.73 Å². The molecule has 1 aromatic carbocycles. The molecule has 0 fully saturated rings. The summed E-state index contributed by atoms with van der Waals surface area (Å²) in [5.74, 6) is 2.24. The Balaban J connectivity index is 2.29. The van der Waals surface area contributed by atoms with Crippen LogP contribution in [0.4, 0.5) is 0 Å². The zero-order valence-corrected chi connectivity index (χ0v) is 10.3. The third-order valence-corrected chi connectivity index (χ3v) is 3.29. The van der Waals surface area contributed by atoms with Crippen LogP contribution in [0.15, 0.2) is 24.3 Å². The van der Waals surface area contributed by atoms with E-state index in [1.54, 1.807) is 7.11 Å². The quantitative estimate of drug-likeness (QED) is 0.435. The Morgan fingerprint density at radius 1 is 1.38 bits per heavy atom. The van der Waals surface area contributed by atoms with Crippen LogP contribution in [0, 0.1) is 5.41 Å². The van der Waals surface area contributed by atoms with E-state index < -0.39 is 0 Å². The number of benzene rings is 1. The molecule has 0 spiro atoms. The predicted octanol–water partition coefficient (Wildman–Crippen LogP) is 2.24. The fourth-order valence-corrected chi connectivity index (χ4v) is 2.17. The van der Waals surface area contributed by atoms with Crippen LogP contribution >= 0.6 is 11.8 Å². The summed E-state index contributed by atoms with van der Waals surface area (Å²) in [4.78, 5) is 0.